The molecule has 0 fully saturated rings. The number of halogens is 1. The summed E-state index contributed by atoms with van der Waals surface area (Å²) in [7, 11) is 3.02. The highest BCUT2D eigenvalue weighted by Crippen LogP contribution is 2.34. The Morgan fingerprint density at radius 3 is 2.31 bits per heavy atom. The van der Waals surface area contributed by atoms with Crippen LogP contribution in [0.3, 0.4) is 0 Å². The lowest BCUT2D eigenvalue weighted by molar-refractivity contribution is 0.295. The van der Waals surface area contributed by atoms with Gasteiger partial charge in [0.1, 0.15) is 17.7 Å². The van der Waals surface area contributed by atoms with E-state index in [1.54, 1.807) is 12.1 Å². The van der Waals surface area contributed by atoms with Crippen LogP contribution in [0, 0.1) is 0 Å². The lowest BCUT2D eigenvalue weighted by Crippen LogP contribution is -2.01. The summed E-state index contributed by atoms with van der Waals surface area (Å²) in [6.45, 7) is 1.47. The number of rotatable bonds is 5. The molecule has 1 unspecified atom stereocenters. The van der Waals surface area contributed by atoms with Crippen LogP contribution in [-0.2, 0) is 6.42 Å². The van der Waals surface area contributed by atoms with Gasteiger partial charge in [-0.15, -0.1) is 0 Å². The van der Waals surface area contributed by atoms with E-state index in [1.165, 1.54) is 21.1 Å². The highest BCUT2D eigenvalue weighted by molar-refractivity contribution is 5.47. The number of methoxy groups -OCH3 is 2. The summed E-state index contributed by atoms with van der Waals surface area (Å²) in [4.78, 5) is 0. The maximum absolute atomic E-state index is 13.3. The average molecular weight is 228 g/mol. The van der Waals surface area contributed by atoms with E-state index in [0.29, 0.717) is 23.5 Å². The first kappa shape index (κ1) is 12.8. The lowest BCUT2D eigenvalue weighted by atomic mass is 10.0. The number of aliphatic hydroxyl groups is 1. The van der Waals surface area contributed by atoms with Gasteiger partial charge in [-0.3, -0.25) is 0 Å². The minimum absolute atomic E-state index is 0.0179. The molecule has 1 aromatic rings. The molecule has 0 radical (unpaired) electrons. The summed E-state index contributed by atoms with van der Waals surface area (Å²) in [5.74, 6) is 1.06. The van der Waals surface area contributed by atoms with Crippen LogP contribution in [0.1, 0.15) is 24.2 Å². The Labute approximate surface area is 94.8 Å². The molecule has 0 amide bonds. The summed E-state index contributed by atoms with van der Waals surface area (Å²) >= 11 is 0. The number of benzene rings is 1. The summed E-state index contributed by atoms with van der Waals surface area (Å²) < 4.78 is 23.6. The predicted octanol–water partition coefficient (Wildman–Crippen LogP) is 2.27. The van der Waals surface area contributed by atoms with Crippen LogP contribution >= 0.6 is 0 Å². The van der Waals surface area contributed by atoms with E-state index in [9.17, 15) is 4.39 Å². The van der Waals surface area contributed by atoms with Gasteiger partial charge in [0.2, 0.25) is 0 Å². The van der Waals surface area contributed by atoms with Crippen molar-refractivity contribution in [2.24, 2.45) is 0 Å². The molecule has 0 aliphatic rings. The average Bonchev–Trinajstić information content (AvgIpc) is 2.28. The highest BCUT2D eigenvalue weighted by atomic mass is 19.1. The third-order valence-electron chi connectivity index (χ3n) is 2.44. The van der Waals surface area contributed by atoms with Crippen LogP contribution in [0.25, 0.3) is 0 Å². The fraction of sp³-hybridized carbons (Fsp3) is 0.500. The van der Waals surface area contributed by atoms with Crippen LogP contribution in [0.4, 0.5) is 4.39 Å². The van der Waals surface area contributed by atoms with Crippen molar-refractivity contribution in [3.05, 3.63) is 23.3 Å². The Morgan fingerprint density at radius 2 is 1.88 bits per heavy atom. The smallest absolute Gasteiger partial charge is 0.126 e. The van der Waals surface area contributed by atoms with Gasteiger partial charge in [0, 0.05) is 17.7 Å². The zero-order chi connectivity index (χ0) is 12.1. The van der Waals surface area contributed by atoms with Crippen molar-refractivity contribution >= 4 is 0 Å². The first-order valence-corrected chi connectivity index (χ1v) is 5.13. The summed E-state index contributed by atoms with van der Waals surface area (Å²) in [5.41, 5.74) is 1.27. The van der Waals surface area contributed by atoms with E-state index in [4.69, 9.17) is 14.6 Å². The number of hydrogen-bond donors (Lipinski definition) is 1. The monoisotopic (exact) mass is 228 g/mol. The van der Waals surface area contributed by atoms with Crippen LogP contribution in [0.2, 0.25) is 0 Å². The van der Waals surface area contributed by atoms with E-state index in [-0.39, 0.29) is 6.61 Å². The Morgan fingerprint density at radius 1 is 1.25 bits per heavy atom. The van der Waals surface area contributed by atoms with Crippen LogP contribution in [-0.4, -0.2) is 25.9 Å². The molecule has 0 aromatic heterocycles. The van der Waals surface area contributed by atoms with Gasteiger partial charge in [-0.05, 0) is 25.5 Å². The number of ether oxygens (including phenoxy) is 2. The Bertz CT molecular complexity index is 350. The normalized spacial score (nSPS) is 12.3. The lowest BCUT2D eigenvalue weighted by Gasteiger charge is -2.15. The van der Waals surface area contributed by atoms with Crippen LogP contribution in [0.15, 0.2) is 12.1 Å². The molecule has 0 aliphatic heterocycles. The first-order valence-electron chi connectivity index (χ1n) is 5.13. The molecule has 0 bridgehead atoms. The van der Waals surface area contributed by atoms with Gasteiger partial charge >= 0.3 is 0 Å². The number of hydrogen-bond acceptors (Lipinski definition) is 3. The van der Waals surface area contributed by atoms with E-state index in [1.807, 2.05) is 0 Å². The topological polar surface area (TPSA) is 38.7 Å². The van der Waals surface area contributed by atoms with Crippen molar-refractivity contribution in [3.63, 3.8) is 0 Å². The Hall–Kier alpha value is -1.29. The van der Waals surface area contributed by atoms with Crippen LogP contribution < -0.4 is 9.47 Å². The molecule has 1 rings (SSSR count). The van der Waals surface area contributed by atoms with E-state index >= 15 is 0 Å². The van der Waals surface area contributed by atoms with E-state index < -0.39 is 6.17 Å². The molecule has 0 aliphatic carbocycles. The molecular formula is C12H17FO3. The van der Waals surface area contributed by atoms with Gasteiger partial charge in [-0.25, -0.2) is 4.39 Å². The van der Waals surface area contributed by atoms with E-state index in [2.05, 4.69) is 0 Å². The van der Waals surface area contributed by atoms with E-state index in [0.717, 1.165) is 5.56 Å². The summed E-state index contributed by atoms with van der Waals surface area (Å²) in [5, 5.41) is 8.91. The first-order chi connectivity index (χ1) is 7.63. The largest absolute Gasteiger partial charge is 0.496 e. The fourth-order valence-electron chi connectivity index (χ4n) is 1.61. The SMILES string of the molecule is COc1cc(C(C)F)c(OC)cc1CCO. The maximum atomic E-state index is 13.3. The number of alkyl halides is 1. The fourth-order valence-corrected chi connectivity index (χ4v) is 1.61. The standard InChI is InChI=1S/C12H17FO3/c1-8(13)10-7-11(15-2)9(4-5-14)6-12(10)16-3/h6-8,14H,4-5H2,1-3H3. The molecule has 90 valence electrons. The van der Waals surface area contributed by atoms with Crippen molar-refractivity contribution in [2.45, 2.75) is 19.5 Å². The molecule has 0 saturated heterocycles. The highest BCUT2D eigenvalue weighted by Gasteiger charge is 2.15. The second-order valence-electron chi connectivity index (χ2n) is 3.50. The molecule has 0 spiro atoms. The van der Waals surface area contributed by atoms with Gasteiger partial charge < -0.3 is 14.6 Å². The molecule has 16 heavy (non-hydrogen) atoms. The Balaban J connectivity index is 3.22. The van der Waals surface area contributed by atoms with Gasteiger partial charge in [-0.2, -0.15) is 0 Å². The van der Waals surface area contributed by atoms with Crippen molar-refractivity contribution in [1.29, 1.82) is 0 Å². The van der Waals surface area contributed by atoms with Gasteiger partial charge in [0.15, 0.2) is 0 Å². The van der Waals surface area contributed by atoms with Gasteiger partial charge in [0.05, 0.1) is 14.2 Å². The molecule has 3 nitrogen and oxygen atoms in total. The molecule has 1 atom stereocenters. The predicted molar refractivity (Wildman–Crippen MR) is 59.9 cm³/mol. The van der Waals surface area contributed by atoms with Crippen molar-refractivity contribution < 1.29 is 19.0 Å². The molecule has 0 saturated carbocycles. The van der Waals surface area contributed by atoms with Crippen molar-refractivity contribution in [1.82, 2.24) is 0 Å². The van der Waals surface area contributed by atoms with Crippen molar-refractivity contribution in [2.75, 3.05) is 20.8 Å². The zero-order valence-corrected chi connectivity index (χ0v) is 9.79. The quantitative estimate of drug-likeness (QED) is 0.840. The molecule has 1 aromatic carbocycles. The Kier molecular flexibility index (Phi) is 4.55. The summed E-state index contributed by atoms with van der Waals surface area (Å²) in [6, 6.07) is 3.33. The minimum Gasteiger partial charge on any atom is -0.496 e. The molecule has 4 heteroatoms. The third kappa shape index (κ3) is 2.64. The van der Waals surface area contributed by atoms with Crippen LogP contribution in [0.5, 0.6) is 11.5 Å². The second-order valence-corrected chi connectivity index (χ2v) is 3.50. The molecular weight excluding hydrogens is 211 g/mol. The second kappa shape index (κ2) is 5.70. The molecule has 0 heterocycles. The number of aliphatic hydroxyl groups excluding tert-OH is 1. The van der Waals surface area contributed by atoms with Gasteiger partial charge in [-0.1, -0.05) is 0 Å². The minimum atomic E-state index is -1.12. The maximum Gasteiger partial charge on any atom is 0.126 e. The van der Waals surface area contributed by atoms with Crippen molar-refractivity contribution in [3.8, 4) is 11.5 Å². The zero-order valence-electron chi connectivity index (χ0n) is 9.79. The van der Waals surface area contributed by atoms with Gasteiger partial charge in [0.25, 0.3) is 0 Å². The molecule has 1 N–H and O–H groups in total. The summed E-state index contributed by atoms with van der Waals surface area (Å²) in [6.07, 6.45) is -0.660. The third-order valence-corrected chi connectivity index (χ3v) is 2.44.